The van der Waals surface area contributed by atoms with Crippen LogP contribution >= 0.6 is 0 Å². The molecule has 0 bridgehead atoms. The summed E-state index contributed by atoms with van der Waals surface area (Å²) in [6.07, 6.45) is -2.91. The number of nitrogens with zero attached hydrogens (tertiary/aromatic N) is 2. The fraction of sp³-hybridized carbons (Fsp3) is 0.458. The Morgan fingerprint density at radius 1 is 1.03 bits per heavy atom. The molecule has 2 aromatic carbocycles. The summed E-state index contributed by atoms with van der Waals surface area (Å²) < 4.78 is 93.2. The number of hydrogen-bond donors (Lipinski definition) is 1. The van der Waals surface area contributed by atoms with E-state index in [1.807, 2.05) is 0 Å². The van der Waals surface area contributed by atoms with Gasteiger partial charge in [0.2, 0.25) is 15.9 Å². The highest BCUT2D eigenvalue weighted by Crippen LogP contribution is 2.38. The van der Waals surface area contributed by atoms with E-state index >= 15 is 0 Å². The van der Waals surface area contributed by atoms with E-state index in [1.165, 1.54) is 40.7 Å². The lowest BCUT2D eigenvalue weighted by Gasteiger charge is -2.29. The molecule has 8 nitrogen and oxygen atoms in total. The predicted octanol–water partition coefficient (Wildman–Crippen LogP) is 4.17. The molecule has 1 N–H and O–H groups in total. The van der Waals surface area contributed by atoms with E-state index in [0.29, 0.717) is 18.5 Å². The van der Waals surface area contributed by atoms with Crippen LogP contribution in [0.3, 0.4) is 0 Å². The molecule has 0 unspecified atom stereocenters. The van der Waals surface area contributed by atoms with E-state index in [-0.39, 0.29) is 36.4 Å². The molecule has 1 amide bonds. The van der Waals surface area contributed by atoms with Crippen molar-refractivity contribution in [2.45, 2.75) is 37.8 Å². The molecular formula is C24H30F3N3O5S2. The van der Waals surface area contributed by atoms with Crippen molar-refractivity contribution in [3.8, 4) is 0 Å². The van der Waals surface area contributed by atoms with Gasteiger partial charge in [-0.3, -0.25) is 9.10 Å². The monoisotopic (exact) mass is 561 g/mol. The SMILES string of the molecule is CC(C)CN(c1ccccc1C(F)(F)F)S(=O)(=O)c1ccc(NC(=O)C2CCN(S(C)(=O)=O)CC2)cc1. The van der Waals surface area contributed by atoms with Gasteiger partial charge in [0.1, 0.15) is 0 Å². The number of para-hydroxylation sites is 1. The normalized spacial score (nSPS) is 16.1. The van der Waals surface area contributed by atoms with E-state index in [2.05, 4.69) is 5.32 Å². The van der Waals surface area contributed by atoms with Crippen molar-refractivity contribution < 1.29 is 34.8 Å². The van der Waals surface area contributed by atoms with Gasteiger partial charge >= 0.3 is 6.18 Å². The molecule has 1 fully saturated rings. The quantitative estimate of drug-likeness (QED) is 0.521. The second-order valence-corrected chi connectivity index (χ2v) is 13.2. The molecule has 0 spiro atoms. The van der Waals surface area contributed by atoms with Crippen molar-refractivity contribution in [3.05, 3.63) is 54.1 Å². The maximum absolute atomic E-state index is 13.7. The van der Waals surface area contributed by atoms with Gasteiger partial charge < -0.3 is 5.32 Å². The van der Waals surface area contributed by atoms with Crippen molar-refractivity contribution in [2.24, 2.45) is 11.8 Å². The zero-order valence-electron chi connectivity index (χ0n) is 20.7. The van der Waals surface area contributed by atoms with Crippen molar-refractivity contribution in [1.29, 1.82) is 0 Å². The highest BCUT2D eigenvalue weighted by molar-refractivity contribution is 7.92. The largest absolute Gasteiger partial charge is 0.418 e. The zero-order chi connectivity index (χ0) is 27.6. The number of amides is 1. The summed E-state index contributed by atoms with van der Waals surface area (Å²) in [5.41, 5.74) is -1.19. The van der Waals surface area contributed by atoms with Crippen LogP contribution in [0.4, 0.5) is 24.5 Å². The lowest BCUT2D eigenvalue weighted by Crippen LogP contribution is -2.40. The molecule has 1 aliphatic rings. The van der Waals surface area contributed by atoms with Crippen LogP contribution in [-0.2, 0) is 31.0 Å². The van der Waals surface area contributed by atoms with Gasteiger partial charge in [0.05, 0.1) is 22.4 Å². The number of sulfonamides is 2. The van der Waals surface area contributed by atoms with Gasteiger partial charge in [0.25, 0.3) is 10.0 Å². The lowest BCUT2D eigenvalue weighted by atomic mass is 9.97. The first kappa shape index (κ1) is 28.9. The summed E-state index contributed by atoms with van der Waals surface area (Å²) in [4.78, 5) is 12.4. The van der Waals surface area contributed by atoms with Gasteiger partial charge in [-0.1, -0.05) is 26.0 Å². The van der Waals surface area contributed by atoms with Crippen LogP contribution < -0.4 is 9.62 Å². The van der Waals surface area contributed by atoms with Crippen molar-refractivity contribution in [1.82, 2.24) is 4.31 Å². The van der Waals surface area contributed by atoms with Crippen molar-refractivity contribution in [2.75, 3.05) is 35.5 Å². The van der Waals surface area contributed by atoms with Crippen LogP contribution in [0.5, 0.6) is 0 Å². The van der Waals surface area contributed by atoms with Gasteiger partial charge in [0.15, 0.2) is 0 Å². The van der Waals surface area contributed by atoms with Gasteiger partial charge in [-0.2, -0.15) is 13.2 Å². The first-order valence-corrected chi connectivity index (χ1v) is 14.9. The number of rotatable bonds is 8. The molecule has 0 radical (unpaired) electrons. The highest BCUT2D eigenvalue weighted by Gasteiger charge is 2.38. The Balaban J connectivity index is 1.80. The van der Waals surface area contributed by atoms with E-state index in [1.54, 1.807) is 13.8 Å². The molecular weight excluding hydrogens is 531 g/mol. The van der Waals surface area contributed by atoms with Gasteiger partial charge in [0, 0.05) is 31.2 Å². The molecule has 37 heavy (non-hydrogen) atoms. The molecule has 2 aromatic rings. The minimum atomic E-state index is -4.74. The van der Waals surface area contributed by atoms with E-state index in [0.717, 1.165) is 22.7 Å². The zero-order valence-corrected chi connectivity index (χ0v) is 22.3. The summed E-state index contributed by atoms with van der Waals surface area (Å²) in [7, 11) is -7.68. The predicted molar refractivity (Wildman–Crippen MR) is 135 cm³/mol. The summed E-state index contributed by atoms with van der Waals surface area (Å²) in [5.74, 6) is -0.977. The van der Waals surface area contributed by atoms with Gasteiger partial charge in [-0.25, -0.2) is 21.1 Å². The minimum absolute atomic E-state index is 0.167. The number of halogens is 3. The number of carbonyl (C=O) groups is 1. The Morgan fingerprint density at radius 3 is 2.11 bits per heavy atom. The molecule has 0 saturated carbocycles. The van der Waals surface area contributed by atoms with Crippen LogP contribution in [0.2, 0.25) is 0 Å². The standard InChI is InChI=1S/C24H30F3N3O5S2/c1-17(2)16-30(22-7-5-4-6-21(22)24(25,26)27)37(34,35)20-10-8-19(9-11-20)28-23(31)18-12-14-29(15-13-18)36(3,32)33/h4-11,17-18H,12-16H2,1-3H3,(H,28,31). The highest BCUT2D eigenvalue weighted by atomic mass is 32.2. The Labute approximate surface area is 215 Å². The van der Waals surface area contributed by atoms with Gasteiger partial charge in [-0.15, -0.1) is 0 Å². The molecule has 0 atom stereocenters. The number of anilines is 2. The second-order valence-electron chi connectivity index (χ2n) is 9.39. The number of benzene rings is 2. The smallest absolute Gasteiger partial charge is 0.326 e. The van der Waals surface area contributed by atoms with Crippen LogP contribution in [-0.4, -0.2) is 52.9 Å². The lowest BCUT2D eigenvalue weighted by molar-refractivity contribution is -0.137. The molecule has 1 heterocycles. The summed E-state index contributed by atoms with van der Waals surface area (Å²) in [6, 6.07) is 9.76. The van der Waals surface area contributed by atoms with Crippen molar-refractivity contribution in [3.63, 3.8) is 0 Å². The summed E-state index contributed by atoms with van der Waals surface area (Å²) in [5, 5.41) is 2.70. The average Bonchev–Trinajstić information content (AvgIpc) is 2.81. The minimum Gasteiger partial charge on any atom is -0.326 e. The molecule has 204 valence electrons. The van der Waals surface area contributed by atoms with Crippen LogP contribution in [0, 0.1) is 11.8 Å². The summed E-state index contributed by atoms with van der Waals surface area (Å²) >= 11 is 0. The average molecular weight is 562 g/mol. The van der Waals surface area contributed by atoms with Crippen LogP contribution in [0.25, 0.3) is 0 Å². The van der Waals surface area contributed by atoms with Crippen LogP contribution in [0.1, 0.15) is 32.3 Å². The molecule has 13 heteroatoms. The van der Waals surface area contributed by atoms with Gasteiger partial charge in [-0.05, 0) is 55.2 Å². The van der Waals surface area contributed by atoms with E-state index < -0.39 is 43.4 Å². The fourth-order valence-corrected chi connectivity index (χ4v) is 6.64. The number of carbonyl (C=O) groups excluding carboxylic acids is 1. The van der Waals surface area contributed by atoms with E-state index in [9.17, 15) is 34.8 Å². The molecule has 0 aromatic heterocycles. The first-order chi connectivity index (χ1) is 17.1. The number of nitrogens with one attached hydrogen (secondary N) is 1. The van der Waals surface area contributed by atoms with Crippen LogP contribution in [0.15, 0.2) is 53.4 Å². The second kappa shape index (κ2) is 11.0. The van der Waals surface area contributed by atoms with Crippen molar-refractivity contribution >= 4 is 37.3 Å². The Bertz CT molecular complexity index is 1320. The molecule has 3 rings (SSSR count). The first-order valence-electron chi connectivity index (χ1n) is 11.7. The third kappa shape index (κ3) is 7.02. The Kier molecular flexibility index (Phi) is 8.60. The maximum atomic E-state index is 13.7. The third-order valence-corrected chi connectivity index (χ3v) is 9.11. The number of piperidine rings is 1. The molecule has 1 saturated heterocycles. The maximum Gasteiger partial charge on any atom is 0.418 e. The Hall–Kier alpha value is -2.64. The summed E-state index contributed by atoms with van der Waals surface area (Å²) in [6.45, 7) is 3.72. The Morgan fingerprint density at radius 2 is 1.59 bits per heavy atom. The molecule has 1 aliphatic heterocycles. The third-order valence-electron chi connectivity index (χ3n) is 6.01. The number of hydrogen-bond acceptors (Lipinski definition) is 5. The van der Waals surface area contributed by atoms with E-state index in [4.69, 9.17) is 0 Å². The fourth-order valence-electron chi connectivity index (χ4n) is 4.12. The topological polar surface area (TPSA) is 104 Å². The number of alkyl halides is 3. The molecule has 0 aliphatic carbocycles.